The Morgan fingerprint density at radius 3 is 2.38 bits per heavy atom. The van der Waals surface area contributed by atoms with Gasteiger partial charge in [0, 0.05) is 0 Å². The Morgan fingerprint density at radius 1 is 1.10 bits per heavy atom. The number of alkyl halides is 3. The average molecular weight is 340 g/mol. The normalized spacial score (nSPS) is 11.5. The largest absolute Gasteiger partial charge is 0.416 e. The van der Waals surface area contributed by atoms with Crippen LogP contribution in [-0.2, 0) is 6.18 Å². The van der Waals surface area contributed by atoms with Crippen LogP contribution in [-0.4, -0.2) is 4.98 Å². The van der Waals surface area contributed by atoms with Crippen molar-refractivity contribution >= 4 is 40.5 Å². The second kappa shape index (κ2) is 5.57. The minimum atomic E-state index is -4.60. The Balaban J connectivity index is 2.42. The van der Waals surface area contributed by atoms with E-state index < -0.39 is 23.2 Å². The molecule has 3 N–H and O–H groups in total. The third-order valence-corrected chi connectivity index (χ3v) is 3.09. The highest BCUT2D eigenvalue weighted by Gasteiger charge is 2.31. The topological polar surface area (TPSA) is 50.9 Å². The van der Waals surface area contributed by atoms with Crippen molar-refractivity contribution in [1.29, 1.82) is 0 Å². The van der Waals surface area contributed by atoms with Crippen molar-refractivity contribution in [3.05, 3.63) is 45.7 Å². The van der Waals surface area contributed by atoms with Crippen LogP contribution < -0.4 is 11.1 Å². The van der Waals surface area contributed by atoms with E-state index in [9.17, 15) is 17.6 Å². The molecule has 0 aliphatic rings. The molecular formula is C12H7Cl2F4N3. The summed E-state index contributed by atoms with van der Waals surface area (Å²) < 4.78 is 51.4. The van der Waals surface area contributed by atoms with Gasteiger partial charge in [0.15, 0.2) is 5.82 Å². The van der Waals surface area contributed by atoms with E-state index in [2.05, 4.69) is 10.3 Å². The number of halogens is 6. The van der Waals surface area contributed by atoms with E-state index >= 15 is 0 Å². The lowest BCUT2D eigenvalue weighted by Crippen LogP contribution is -2.07. The molecule has 1 aromatic heterocycles. The zero-order chi connectivity index (χ0) is 15.8. The van der Waals surface area contributed by atoms with Crippen LogP contribution in [0.4, 0.5) is 34.9 Å². The van der Waals surface area contributed by atoms with Gasteiger partial charge in [-0.25, -0.2) is 9.37 Å². The first-order valence-electron chi connectivity index (χ1n) is 5.44. The van der Waals surface area contributed by atoms with E-state index in [0.717, 1.165) is 0 Å². The van der Waals surface area contributed by atoms with Crippen molar-refractivity contribution < 1.29 is 17.6 Å². The fourth-order valence-corrected chi connectivity index (χ4v) is 1.90. The van der Waals surface area contributed by atoms with Crippen molar-refractivity contribution in [2.24, 2.45) is 0 Å². The fraction of sp³-hybridized carbons (Fsp3) is 0.0833. The number of hydrogen-bond donors (Lipinski definition) is 2. The molecule has 0 radical (unpaired) electrons. The molecule has 2 rings (SSSR count). The van der Waals surface area contributed by atoms with Crippen LogP contribution in [0.1, 0.15) is 5.56 Å². The summed E-state index contributed by atoms with van der Waals surface area (Å²) in [7, 11) is 0. The second-order valence-electron chi connectivity index (χ2n) is 4.00. The number of aromatic nitrogens is 1. The lowest BCUT2D eigenvalue weighted by atomic mass is 10.2. The van der Waals surface area contributed by atoms with Crippen molar-refractivity contribution in [2.45, 2.75) is 6.18 Å². The first-order chi connectivity index (χ1) is 9.68. The highest BCUT2D eigenvalue weighted by Crippen LogP contribution is 2.34. The molecule has 0 atom stereocenters. The monoisotopic (exact) mass is 339 g/mol. The summed E-state index contributed by atoms with van der Waals surface area (Å²) in [6.45, 7) is 0. The maximum atomic E-state index is 13.6. The van der Waals surface area contributed by atoms with E-state index in [0.29, 0.717) is 18.2 Å². The second-order valence-corrected chi connectivity index (χ2v) is 4.82. The molecule has 0 aliphatic heterocycles. The predicted molar refractivity (Wildman–Crippen MR) is 73.4 cm³/mol. The fourth-order valence-electron chi connectivity index (χ4n) is 1.49. The number of hydrogen-bond acceptors (Lipinski definition) is 3. The molecule has 0 spiro atoms. The van der Waals surface area contributed by atoms with Gasteiger partial charge in [-0.2, -0.15) is 13.2 Å². The van der Waals surface area contributed by atoms with Crippen LogP contribution >= 0.6 is 23.2 Å². The molecule has 21 heavy (non-hydrogen) atoms. The predicted octanol–water partition coefficient (Wildman–Crippen LogP) is 4.87. The van der Waals surface area contributed by atoms with Gasteiger partial charge < -0.3 is 11.1 Å². The van der Waals surface area contributed by atoms with Crippen LogP contribution in [0, 0.1) is 5.82 Å². The zero-order valence-corrected chi connectivity index (χ0v) is 11.6. The van der Waals surface area contributed by atoms with E-state index in [-0.39, 0.29) is 21.7 Å². The third-order valence-electron chi connectivity index (χ3n) is 2.50. The first kappa shape index (κ1) is 15.7. The summed E-state index contributed by atoms with van der Waals surface area (Å²) in [5.41, 5.74) is 4.03. The van der Waals surface area contributed by atoms with E-state index in [1.54, 1.807) is 0 Å². The van der Waals surface area contributed by atoms with Crippen molar-refractivity contribution in [1.82, 2.24) is 4.98 Å². The smallest absolute Gasteiger partial charge is 0.382 e. The van der Waals surface area contributed by atoms with Crippen LogP contribution in [0.15, 0.2) is 24.3 Å². The molecule has 1 heterocycles. The van der Waals surface area contributed by atoms with Gasteiger partial charge in [-0.05, 0) is 24.3 Å². The quantitative estimate of drug-likeness (QED) is 0.767. The number of nitrogen functional groups attached to an aromatic ring is 1. The number of nitrogens with one attached hydrogen (secondary N) is 1. The van der Waals surface area contributed by atoms with Gasteiger partial charge >= 0.3 is 6.18 Å². The molecule has 0 aliphatic carbocycles. The minimum absolute atomic E-state index is 0.00832. The van der Waals surface area contributed by atoms with E-state index in [1.807, 2.05) is 0 Å². The molecule has 1 aromatic carbocycles. The van der Waals surface area contributed by atoms with Gasteiger partial charge in [0.05, 0.1) is 21.3 Å². The molecule has 2 aromatic rings. The summed E-state index contributed by atoms with van der Waals surface area (Å²) in [6.07, 6.45) is -4.60. The van der Waals surface area contributed by atoms with Crippen molar-refractivity contribution in [2.75, 3.05) is 11.1 Å². The zero-order valence-electron chi connectivity index (χ0n) is 10.1. The SMILES string of the molecule is Nc1nc(Nc2cc(C(F)(F)F)ccc2F)c(Cl)cc1Cl. The number of pyridine rings is 1. The highest BCUT2D eigenvalue weighted by atomic mass is 35.5. The number of nitrogens with zero attached hydrogens (tertiary/aromatic N) is 1. The maximum absolute atomic E-state index is 13.6. The van der Waals surface area contributed by atoms with Gasteiger partial charge in [0.1, 0.15) is 11.6 Å². The summed E-state index contributed by atoms with van der Waals surface area (Å²) in [6, 6.07) is 3.18. The van der Waals surface area contributed by atoms with Crippen molar-refractivity contribution in [3.8, 4) is 0 Å². The summed E-state index contributed by atoms with van der Waals surface area (Å²) in [5.74, 6) is -1.08. The van der Waals surface area contributed by atoms with Crippen LogP contribution in [0.2, 0.25) is 10.0 Å². The van der Waals surface area contributed by atoms with Gasteiger partial charge in [-0.15, -0.1) is 0 Å². The summed E-state index contributed by atoms with van der Waals surface area (Å²) in [4.78, 5) is 3.76. The Kier molecular flexibility index (Phi) is 4.15. The third kappa shape index (κ3) is 3.48. The standard InChI is InChI=1S/C12H7Cl2F4N3/c13-6-4-7(14)11(21-10(6)19)20-9-3-5(12(16,17)18)1-2-8(9)15/h1-4H,(H3,19,20,21). The lowest BCUT2D eigenvalue weighted by molar-refractivity contribution is -0.137. The Bertz CT molecular complexity index is 689. The Labute approximate surface area is 126 Å². The molecule has 0 unspecified atom stereocenters. The van der Waals surface area contributed by atoms with Gasteiger partial charge in [-0.1, -0.05) is 23.2 Å². The number of benzene rings is 1. The van der Waals surface area contributed by atoms with Crippen molar-refractivity contribution in [3.63, 3.8) is 0 Å². The molecule has 0 saturated heterocycles. The van der Waals surface area contributed by atoms with Gasteiger partial charge in [0.2, 0.25) is 0 Å². The van der Waals surface area contributed by atoms with Crippen LogP contribution in [0.3, 0.4) is 0 Å². The summed E-state index contributed by atoms with van der Waals surface area (Å²) in [5, 5.41) is 2.43. The maximum Gasteiger partial charge on any atom is 0.416 e. The number of nitrogens with two attached hydrogens (primary N) is 1. The first-order valence-corrected chi connectivity index (χ1v) is 6.19. The number of rotatable bonds is 2. The molecule has 0 saturated carbocycles. The van der Waals surface area contributed by atoms with Crippen LogP contribution in [0.5, 0.6) is 0 Å². The molecular weight excluding hydrogens is 333 g/mol. The highest BCUT2D eigenvalue weighted by molar-refractivity contribution is 6.37. The summed E-state index contributed by atoms with van der Waals surface area (Å²) >= 11 is 11.5. The Morgan fingerprint density at radius 2 is 1.76 bits per heavy atom. The molecule has 3 nitrogen and oxygen atoms in total. The Hall–Kier alpha value is -1.73. The van der Waals surface area contributed by atoms with E-state index in [1.165, 1.54) is 6.07 Å². The molecule has 0 bridgehead atoms. The lowest BCUT2D eigenvalue weighted by Gasteiger charge is -2.12. The average Bonchev–Trinajstić information content (AvgIpc) is 2.37. The van der Waals surface area contributed by atoms with E-state index in [4.69, 9.17) is 28.9 Å². The minimum Gasteiger partial charge on any atom is -0.382 e. The van der Waals surface area contributed by atoms with Crippen LogP contribution in [0.25, 0.3) is 0 Å². The van der Waals surface area contributed by atoms with Gasteiger partial charge in [-0.3, -0.25) is 0 Å². The molecule has 0 amide bonds. The molecule has 112 valence electrons. The van der Waals surface area contributed by atoms with Gasteiger partial charge in [0.25, 0.3) is 0 Å². The molecule has 0 fully saturated rings. The molecule has 9 heteroatoms. The number of anilines is 3.